The van der Waals surface area contributed by atoms with Crippen LogP contribution < -0.4 is 10.6 Å². The molecule has 1 aromatic carbocycles. The van der Waals surface area contributed by atoms with Gasteiger partial charge in [0, 0.05) is 56.1 Å². The first-order chi connectivity index (χ1) is 14.5. The number of benzene rings is 1. The summed E-state index contributed by atoms with van der Waals surface area (Å²) in [5.74, 6) is 0.829. The minimum atomic E-state index is 0.303. The summed E-state index contributed by atoms with van der Waals surface area (Å²) in [6.07, 6.45) is 6.40. The first kappa shape index (κ1) is 22.6. The van der Waals surface area contributed by atoms with Gasteiger partial charge in [0.05, 0.1) is 24.6 Å². The molecule has 30 heavy (non-hydrogen) atoms. The number of likely N-dealkylation sites (tertiary alicyclic amines) is 1. The molecule has 1 saturated heterocycles. The highest BCUT2D eigenvalue weighted by Gasteiger charge is 2.19. The Labute approximate surface area is 184 Å². The Kier molecular flexibility index (Phi) is 8.54. The van der Waals surface area contributed by atoms with Crippen LogP contribution in [0, 0.1) is 0 Å². The highest BCUT2D eigenvalue weighted by atomic mass is 35.5. The Hall–Kier alpha value is -2.09. The highest BCUT2D eigenvalue weighted by molar-refractivity contribution is 6.30. The van der Waals surface area contributed by atoms with Crippen LogP contribution in [0.5, 0.6) is 0 Å². The molecule has 0 saturated carbocycles. The lowest BCUT2D eigenvalue weighted by atomic mass is 10.1. The molecule has 2 N–H and O–H groups in total. The fourth-order valence-corrected chi connectivity index (χ4v) is 3.60. The van der Waals surface area contributed by atoms with Crippen molar-refractivity contribution in [2.24, 2.45) is 4.99 Å². The molecule has 3 rings (SSSR count). The molecule has 0 spiro atoms. The highest BCUT2D eigenvalue weighted by Crippen LogP contribution is 2.13. The number of guanidine groups is 1. The van der Waals surface area contributed by atoms with Gasteiger partial charge in [-0.1, -0.05) is 11.6 Å². The second-order valence-electron chi connectivity index (χ2n) is 7.88. The van der Waals surface area contributed by atoms with E-state index in [1.807, 2.05) is 48.4 Å². The van der Waals surface area contributed by atoms with Crippen molar-refractivity contribution >= 4 is 17.6 Å². The molecule has 0 aliphatic carbocycles. The van der Waals surface area contributed by atoms with Crippen molar-refractivity contribution in [1.82, 2.24) is 25.3 Å². The number of hydrogen-bond acceptors (Lipinski definition) is 4. The number of rotatable bonds is 8. The molecule has 0 amide bonds. The van der Waals surface area contributed by atoms with Crippen LogP contribution >= 0.6 is 11.6 Å². The third kappa shape index (κ3) is 7.00. The lowest BCUT2D eigenvalue weighted by Gasteiger charge is -2.33. The molecule has 0 unspecified atom stereocenters. The zero-order valence-corrected chi connectivity index (χ0v) is 18.9. The van der Waals surface area contributed by atoms with Gasteiger partial charge in [-0.25, -0.2) is 4.68 Å². The predicted molar refractivity (Wildman–Crippen MR) is 122 cm³/mol. The number of nitrogens with zero attached hydrogens (tertiary/aromatic N) is 4. The number of nitrogens with one attached hydrogen (secondary N) is 2. The van der Waals surface area contributed by atoms with Crippen LogP contribution in [0.1, 0.15) is 32.3 Å². The second kappa shape index (κ2) is 11.3. The summed E-state index contributed by atoms with van der Waals surface area (Å²) in [6, 6.07) is 8.08. The first-order valence-electron chi connectivity index (χ1n) is 10.6. The number of halogens is 1. The van der Waals surface area contributed by atoms with Crippen LogP contribution in [-0.2, 0) is 11.3 Å². The van der Waals surface area contributed by atoms with Crippen molar-refractivity contribution in [1.29, 1.82) is 0 Å². The summed E-state index contributed by atoms with van der Waals surface area (Å²) in [4.78, 5) is 6.85. The summed E-state index contributed by atoms with van der Waals surface area (Å²) in [5, 5.41) is 12.1. The van der Waals surface area contributed by atoms with Crippen molar-refractivity contribution < 1.29 is 4.74 Å². The van der Waals surface area contributed by atoms with E-state index in [9.17, 15) is 0 Å². The average Bonchev–Trinajstić information content (AvgIpc) is 3.21. The number of ether oxygens (including phenoxy) is 1. The van der Waals surface area contributed by atoms with E-state index in [4.69, 9.17) is 16.3 Å². The molecule has 0 atom stereocenters. The Morgan fingerprint density at radius 1 is 1.27 bits per heavy atom. The fourth-order valence-electron chi connectivity index (χ4n) is 3.48. The largest absolute Gasteiger partial charge is 0.377 e. The molecule has 0 bridgehead atoms. The molecule has 1 fully saturated rings. The number of aromatic nitrogens is 2. The summed E-state index contributed by atoms with van der Waals surface area (Å²) in [7, 11) is 1.81. The summed E-state index contributed by atoms with van der Waals surface area (Å²) >= 11 is 5.96. The van der Waals surface area contributed by atoms with Gasteiger partial charge in [-0.15, -0.1) is 0 Å². The Bertz CT molecular complexity index is 796. The second-order valence-corrected chi connectivity index (χ2v) is 8.31. The molecule has 7 nitrogen and oxygen atoms in total. The van der Waals surface area contributed by atoms with Crippen molar-refractivity contribution in [2.75, 3.05) is 33.3 Å². The minimum Gasteiger partial charge on any atom is -0.377 e. The molecule has 1 aromatic heterocycles. The maximum Gasteiger partial charge on any atom is 0.191 e. The smallest absolute Gasteiger partial charge is 0.191 e. The van der Waals surface area contributed by atoms with Crippen LogP contribution in [0.4, 0.5) is 0 Å². The molecule has 164 valence electrons. The van der Waals surface area contributed by atoms with Gasteiger partial charge in [-0.2, -0.15) is 5.10 Å². The average molecular weight is 433 g/mol. The van der Waals surface area contributed by atoms with Gasteiger partial charge in [-0.05, 0) is 51.0 Å². The number of hydrogen-bond donors (Lipinski definition) is 2. The van der Waals surface area contributed by atoms with Crippen LogP contribution in [-0.4, -0.2) is 66.1 Å². The van der Waals surface area contributed by atoms with Crippen molar-refractivity contribution in [3.05, 3.63) is 47.2 Å². The van der Waals surface area contributed by atoms with Gasteiger partial charge >= 0.3 is 0 Å². The molecule has 1 aliphatic heterocycles. The van der Waals surface area contributed by atoms with Gasteiger partial charge in [0.25, 0.3) is 0 Å². The van der Waals surface area contributed by atoms with E-state index >= 15 is 0 Å². The van der Waals surface area contributed by atoms with E-state index in [2.05, 4.69) is 39.5 Å². The third-order valence-electron chi connectivity index (χ3n) is 5.20. The Balaban J connectivity index is 1.41. The molecule has 8 heteroatoms. The standard InChI is InChI=1S/C22H33ClN6O/c1-17(2)30-13-12-28-10-8-20(9-11-28)27-22(24-3)25-14-18-15-26-29(16-18)21-6-4-19(23)5-7-21/h4-7,15-17,20H,8-14H2,1-3H3,(H2,24,25,27). The lowest BCUT2D eigenvalue weighted by molar-refractivity contribution is 0.0532. The Morgan fingerprint density at radius 3 is 2.67 bits per heavy atom. The number of piperidine rings is 1. The van der Waals surface area contributed by atoms with Gasteiger partial charge in [0.2, 0.25) is 0 Å². The summed E-state index contributed by atoms with van der Waals surface area (Å²) < 4.78 is 7.51. The molecule has 0 radical (unpaired) electrons. The van der Waals surface area contributed by atoms with Crippen LogP contribution in [0.3, 0.4) is 0 Å². The maximum atomic E-state index is 5.96. The third-order valence-corrected chi connectivity index (χ3v) is 5.45. The van der Waals surface area contributed by atoms with Crippen LogP contribution in [0.25, 0.3) is 5.69 Å². The van der Waals surface area contributed by atoms with Gasteiger partial charge < -0.3 is 20.3 Å². The first-order valence-corrected chi connectivity index (χ1v) is 11.0. The Morgan fingerprint density at radius 2 is 2.00 bits per heavy atom. The molecule has 2 aromatic rings. The van der Waals surface area contributed by atoms with Gasteiger partial charge in [0.15, 0.2) is 5.96 Å². The van der Waals surface area contributed by atoms with E-state index in [-0.39, 0.29) is 0 Å². The predicted octanol–water partition coefficient (Wildman–Crippen LogP) is 3.08. The van der Waals surface area contributed by atoms with Gasteiger partial charge in [-0.3, -0.25) is 4.99 Å². The lowest BCUT2D eigenvalue weighted by Crippen LogP contribution is -2.48. The number of aliphatic imine (C=N–C) groups is 1. The van der Waals surface area contributed by atoms with E-state index in [0.29, 0.717) is 18.7 Å². The SMILES string of the molecule is CN=C(NCc1cnn(-c2ccc(Cl)cc2)c1)NC1CCN(CCOC(C)C)CC1. The normalized spacial score (nSPS) is 16.2. The zero-order valence-electron chi connectivity index (χ0n) is 18.1. The van der Waals surface area contributed by atoms with E-state index in [0.717, 1.165) is 61.3 Å². The van der Waals surface area contributed by atoms with Crippen molar-refractivity contribution in [3.63, 3.8) is 0 Å². The fraction of sp³-hybridized carbons (Fsp3) is 0.545. The van der Waals surface area contributed by atoms with Crippen LogP contribution in [0.2, 0.25) is 5.02 Å². The topological polar surface area (TPSA) is 66.7 Å². The summed E-state index contributed by atoms with van der Waals surface area (Å²) in [6.45, 7) is 8.82. The van der Waals surface area contributed by atoms with Crippen molar-refractivity contribution in [3.8, 4) is 5.69 Å². The van der Waals surface area contributed by atoms with E-state index in [1.54, 1.807) is 0 Å². The minimum absolute atomic E-state index is 0.303. The van der Waals surface area contributed by atoms with Gasteiger partial charge in [0.1, 0.15) is 0 Å². The van der Waals surface area contributed by atoms with Crippen LogP contribution in [0.15, 0.2) is 41.7 Å². The monoisotopic (exact) mass is 432 g/mol. The zero-order chi connectivity index (χ0) is 21.3. The van der Waals surface area contributed by atoms with E-state index in [1.165, 1.54) is 0 Å². The van der Waals surface area contributed by atoms with E-state index < -0.39 is 0 Å². The molecule has 1 aliphatic rings. The molecule has 2 heterocycles. The molecular formula is C22H33ClN6O. The quantitative estimate of drug-likeness (QED) is 0.495. The van der Waals surface area contributed by atoms with Crippen molar-refractivity contribution in [2.45, 2.75) is 45.4 Å². The molecular weight excluding hydrogens is 400 g/mol. The summed E-state index contributed by atoms with van der Waals surface area (Å²) in [5.41, 5.74) is 2.08. The maximum absolute atomic E-state index is 5.96.